The van der Waals surface area contributed by atoms with E-state index in [2.05, 4.69) is 39.2 Å². The van der Waals surface area contributed by atoms with Crippen LogP contribution in [0.4, 0.5) is 0 Å². The maximum Gasteiger partial charge on any atom is 0.104 e. The Morgan fingerprint density at radius 2 is 1.60 bits per heavy atom. The van der Waals surface area contributed by atoms with Crippen LogP contribution in [0.2, 0.25) is 0 Å². The van der Waals surface area contributed by atoms with Crippen LogP contribution < -0.4 is 12.4 Å². The normalized spacial score (nSPS) is 17.4. The van der Waals surface area contributed by atoms with Gasteiger partial charge in [0.15, 0.2) is 0 Å². The fraction of sp³-hybridized carbons (Fsp3) is 0.692. The van der Waals surface area contributed by atoms with Gasteiger partial charge in [-0.1, -0.05) is 26.7 Å². The molecule has 0 N–H and O–H groups in total. The molecule has 0 bridgehead atoms. The number of hydrogen-bond acceptors (Lipinski definition) is 0. The number of unbranched alkanes of at least 4 members (excludes halogenated alkanes) is 2. The van der Waals surface area contributed by atoms with Gasteiger partial charge in [0, 0.05) is 5.57 Å². The Kier molecular flexibility index (Phi) is 6.95. The van der Waals surface area contributed by atoms with Gasteiger partial charge in [0.2, 0.25) is 0 Å². The Hall–Kier alpha value is -0.270. The van der Waals surface area contributed by atoms with Crippen molar-refractivity contribution >= 4 is 0 Å². The molecular formula is C13H24ClN. The molecular weight excluding hydrogens is 206 g/mol. The van der Waals surface area contributed by atoms with Crippen LogP contribution in [-0.4, -0.2) is 17.6 Å². The minimum atomic E-state index is 0. The van der Waals surface area contributed by atoms with Crippen molar-refractivity contribution in [3.63, 3.8) is 0 Å². The Labute approximate surface area is 101 Å². The van der Waals surface area contributed by atoms with Gasteiger partial charge >= 0.3 is 0 Å². The Morgan fingerprint density at radius 3 is 1.93 bits per heavy atom. The van der Waals surface area contributed by atoms with Gasteiger partial charge in [-0.05, 0) is 25.8 Å². The quantitative estimate of drug-likeness (QED) is 0.593. The van der Waals surface area contributed by atoms with E-state index in [0.29, 0.717) is 0 Å². The summed E-state index contributed by atoms with van der Waals surface area (Å²) in [7, 11) is 0. The first-order chi connectivity index (χ1) is 6.72. The molecule has 2 heteroatoms. The molecule has 0 saturated heterocycles. The Morgan fingerprint density at radius 1 is 1.07 bits per heavy atom. The third-order valence-electron chi connectivity index (χ3n) is 2.95. The van der Waals surface area contributed by atoms with Crippen molar-refractivity contribution in [2.45, 2.75) is 46.5 Å². The molecule has 1 aliphatic rings. The van der Waals surface area contributed by atoms with E-state index in [-0.39, 0.29) is 12.4 Å². The summed E-state index contributed by atoms with van der Waals surface area (Å²) in [6.45, 7) is 9.31. The average molecular weight is 230 g/mol. The van der Waals surface area contributed by atoms with Crippen LogP contribution >= 0.6 is 0 Å². The number of allylic oxidation sites excluding steroid dienone is 2. The van der Waals surface area contributed by atoms with Crippen LogP contribution in [0.25, 0.3) is 0 Å². The number of quaternary nitrogens is 1. The minimum Gasteiger partial charge on any atom is -1.00 e. The SMILES string of the molecule is CCCC[N+]1(CCCC)C=CC(C)=C1.[Cl-]. The van der Waals surface area contributed by atoms with Crippen LogP contribution in [0.15, 0.2) is 24.0 Å². The predicted octanol–water partition coefficient (Wildman–Crippen LogP) is 0.838. The van der Waals surface area contributed by atoms with Gasteiger partial charge in [0.1, 0.15) is 12.4 Å². The topological polar surface area (TPSA) is 0 Å². The largest absolute Gasteiger partial charge is 1.00 e. The van der Waals surface area contributed by atoms with Crippen molar-refractivity contribution in [3.05, 3.63) is 24.0 Å². The van der Waals surface area contributed by atoms with Gasteiger partial charge in [-0.25, -0.2) is 0 Å². The van der Waals surface area contributed by atoms with Gasteiger partial charge in [0.05, 0.1) is 13.1 Å². The zero-order valence-corrected chi connectivity index (χ0v) is 11.1. The van der Waals surface area contributed by atoms with Crippen LogP contribution in [0.5, 0.6) is 0 Å². The van der Waals surface area contributed by atoms with E-state index in [1.807, 2.05) is 0 Å². The van der Waals surface area contributed by atoms with Crippen molar-refractivity contribution in [2.24, 2.45) is 0 Å². The van der Waals surface area contributed by atoms with Crippen molar-refractivity contribution in [1.82, 2.24) is 0 Å². The summed E-state index contributed by atoms with van der Waals surface area (Å²) in [5.74, 6) is 0. The molecule has 0 radical (unpaired) electrons. The summed E-state index contributed by atoms with van der Waals surface area (Å²) in [6.07, 6.45) is 12.3. The van der Waals surface area contributed by atoms with Gasteiger partial charge in [-0.2, -0.15) is 0 Å². The Bertz CT molecular complexity index is 223. The van der Waals surface area contributed by atoms with Crippen molar-refractivity contribution in [3.8, 4) is 0 Å². The van der Waals surface area contributed by atoms with Gasteiger partial charge in [-0.15, -0.1) is 0 Å². The van der Waals surface area contributed by atoms with Crippen molar-refractivity contribution < 1.29 is 16.9 Å². The minimum absolute atomic E-state index is 0. The molecule has 0 unspecified atom stereocenters. The second-order valence-electron chi connectivity index (χ2n) is 4.45. The second kappa shape index (κ2) is 7.08. The molecule has 1 aliphatic heterocycles. The lowest BCUT2D eigenvalue weighted by atomic mass is 10.2. The highest BCUT2D eigenvalue weighted by Crippen LogP contribution is 2.22. The highest BCUT2D eigenvalue weighted by Gasteiger charge is 2.24. The highest BCUT2D eigenvalue weighted by atomic mass is 35.5. The van der Waals surface area contributed by atoms with E-state index in [1.54, 1.807) is 0 Å². The zero-order chi connectivity index (χ0) is 10.4. The third kappa shape index (κ3) is 4.40. The number of hydrogen-bond donors (Lipinski definition) is 0. The van der Waals surface area contributed by atoms with Gasteiger partial charge in [0.25, 0.3) is 0 Å². The summed E-state index contributed by atoms with van der Waals surface area (Å²) in [5, 5.41) is 0. The molecule has 1 rings (SSSR count). The molecule has 0 fully saturated rings. The van der Waals surface area contributed by atoms with E-state index < -0.39 is 0 Å². The monoisotopic (exact) mass is 229 g/mol. The van der Waals surface area contributed by atoms with Crippen molar-refractivity contribution in [1.29, 1.82) is 0 Å². The summed E-state index contributed by atoms with van der Waals surface area (Å²) < 4.78 is 1.10. The summed E-state index contributed by atoms with van der Waals surface area (Å²) in [4.78, 5) is 0. The standard InChI is InChI=1S/C13H24N.ClH/c1-4-6-9-14(10-7-5-2)11-8-13(3)12-14;/h8,11-12H,4-7,9-10H2,1-3H3;1H/q+1;/p-1. The molecule has 15 heavy (non-hydrogen) atoms. The molecule has 0 aromatic carbocycles. The molecule has 0 atom stereocenters. The molecule has 0 amide bonds. The average Bonchev–Trinajstić information content (AvgIpc) is 2.55. The second-order valence-corrected chi connectivity index (χ2v) is 4.45. The smallest absolute Gasteiger partial charge is 0.104 e. The highest BCUT2D eigenvalue weighted by molar-refractivity contribution is 5.16. The van der Waals surface area contributed by atoms with E-state index in [1.165, 1.54) is 44.3 Å². The first kappa shape index (κ1) is 14.7. The predicted molar refractivity (Wildman–Crippen MR) is 62.7 cm³/mol. The van der Waals surface area contributed by atoms with Crippen LogP contribution in [0.1, 0.15) is 46.5 Å². The molecule has 0 saturated carbocycles. The van der Waals surface area contributed by atoms with Crippen LogP contribution in [-0.2, 0) is 0 Å². The fourth-order valence-corrected chi connectivity index (χ4v) is 2.05. The summed E-state index contributed by atoms with van der Waals surface area (Å²) in [5.41, 5.74) is 1.43. The lowest BCUT2D eigenvalue weighted by molar-refractivity contribution is -0.826. The van der Waals surface area contributed by atoms with E-state index in [4.69, 9.17) is 0 Å². The first-order valence-corrected chi connectivity index (χ1v) is 5.97. The van der Waals surface area contributed by atoms with E-state index in [9.17, 15) is 0 Å². The summed E-state index contributed by atoms with van der Waals surface area (Å²) >= 11 is 0. The number of nitrogens with zero attached hydrogens (tertiary/aromatic N) is 1. The lowest BCUT2D eigenvalue weighted by Crippen LogP contribution is -3.00. The molecule has 88 valence electrons. The molecule has 0 aromatic heterocycles. The third-order valence-corrected chi connectivity index (χ3v) is 2.95. The van der Waals surface area contributed by atoms with Crippen molar-refractivity contribution in [2.75, 3.05) is 13.1 Å². The van der Waals surface area contributed by atoms with Gasteiger partial charge in [-0.3, -0.25) is 4.48 Å². The molecule has 1 nitrogen and oxygen atoms in total. The van der Waals surface area contributed by atoms with Crippen LogP contribution in [0.3, 0.4) is 0 Å². The van der Waals surface area contributed by atoms with Gasteiger partial charge < -0.3 is 12.4 Å². The summed E-state index contributed by atoms with van der Waals surface area (Å²) in [6, 6.07) is 0. The Balaban J connectivity index is 0.00000196. The fourth-order valence-electron chi connectivity index (χ4n) is 2.05. The molecule has 0 spiro atoms. The molecule has 1 heterocycles. The maximum absolute atomic E-state index is 2.42. The van der Waals surface area contributed by atoms with E-state index >= 15 is 0 Å². The first-order valence-electron chi connectivity index (χ1n) is 5.97. The van der Waals surface area contributed by atoms with Crippen LogP contribution in [0, 0.1) is 0 Å². The maximum atomic E-state index is 2.42. The number of rotatable bonds is 6. The molecule has 0 aliphatic carbocycles. The van der Waals surface area contributed by atoms with E-state index in [0.717, 1.165) is 4.48 Å². The molecule has 0 aromatic rings. The zero-order valence-electron chi connectivity index (χ0n) is 10.3. The lowest BCUT2D eigenvalue weighted by Gasteiger charge is -2.28. The number of halogens is 1.